The summed E-state index contributed by atoms with van der Waals surface area (Å²) in [7, 11) is 1.47. The Labute approximate surface area is 174 Å². The number of thiophene rings is 1. The fraction of sp³-hybridized carbons (Fsp3) is 0.455. The fourth-order valence-corrected chi connectivity index (χ4v) is 5.80. The summed E-state index contributed by atoms with van der Waals surface area (Å²) in [5.41, 5.74) is 1.82. The lowest BCUT2D eigenvalue weighted by Gasteiger charge is -2.24. The number of aryl methyl sites for hydroxylation is 2. The first kappa shape index (κ1) is 18.5. The Morgan fingerprint density at radius 1 is 1.28 bits per heavy atom. The fourth-order valence-electron chi connectivity index (χ4n) is 4.55. The molecule has 1 aliphatic heterocycles. The number of aromatic nitrogens is 3. The monoisotopic (exact) mass is 408 g/mol. The van der Waals surface area contributed by atoms with Crippen molar-refractivity contribution in [1.29, 1.82) is 0 Å². The molecule has 4 heterocycles. The number of fused-ring (bicyclic) bond motifs is 3. The molecule has 1 unspecified atom stereocenters. The molecule has 1 atom stereocenters. The normalized spacial score (nSPS) is 21.4. The van der Waals surface area contributed by atoms with E-state index in [1.807, 2.05) is 19.1 Å². The van der Waals surface area contributed by atoms with Crippen molar-refractivity contribution in [3.05, 3.63) is 35.0 Å². The Balaban J connectivity index is 1.66. The second-order valence-electron chi connectivity index (χ2n) is 8.23. The van der Waals surface area contributed by atoms with E-state index in [1.54, 1.807) is 23.7 Å². The molecule has 1 saturated heterocycles. The second kappa shape index (κ2) is 7.06. The molecule has 6 nitrogen and oxygen atoms in total. The zero-order valence-electron chi connectivity index (χ0n) is 16.8. The second-order valence-corrected chi connectivity index (χ2v) is 9.31. The summed E-state index contributed by atoms with van der Waals surface area (Å²) >= 11 is 1.80. The number of nitrogens with zero attached hydrogens (tertiary/aromatic N) is 4. The van der Waals surface area contributed by atoms with E-state index in [0.29, 0.717) is 12.4 Å². The number of methoxy groups -OCH3 is 1. The van der Waals surface area contributed by atoms with Crippen molar-refractivity contribution in [2.24, 2.45) is 5.41 Å². The summed E-state index contributed by atoms with van der Waals surface area (Å²) in [6, 6.07) is 3.90. The SMILES string of the molecule is COC(=O)C1(C)CCN(c2nc(-c3cccnc3)nc3sc4c(c23)CCCC4)C1. The van der Waals surface area contributed by atoms with Crippen LogP contribution in [-0.4, -0.2) is 41.1 Å². The maximum atomic E-state index is 12.4. The first-order valence-corrected chi connectivity index (χ1v) is 11.0. The van der Waals surface area contributed by atoms with Crippen LogP contribution in [0.3, 0.4) is 0 Å². The lowest BCUT2D eigenvalue weighted by atomic mass is 9.90. The number of ether oxygens (including phenoxy) is 1. The average Bonchev–Trinajstić information content (AvgIpc) is 3.34. The van der Waals surface area contributed by atoms with Gasteiger partial charge in [-0.25, -0.2) is 9.97 Å². The molecule has 5 rings (SSSR count). The number of esters is 1. The highest BCUT2D eigenvalue weighted by Gasteiger charge is 2.42. The number of carbonyl (C=O) groups excluding carboxylic acids is 1. The van der Waals surface area contributed by atoms with E-state index in [-0.39, 0.29) is 5.97 Å². The lowest BCUT2D eigenvalue weighted by Crippen LogP contribution is -2.33. The molecule has 150 valence electrons. The molecule has 0 bridgehead atoms. The van der Waals surface area contributed by atoms with Crippen LogP contribution in [0.2, 0.25) is 0 Å². The minimum absolute atomic E-state index is 0.148. The molecule has 3 aromatic rings. The van der Waals surface area contributed by atoms with Crippen LogP contribution in [0.5, 0.6) is 0 Å². The van der Waals surface area contributed by atoms with Gasteiger partial charge < -0.3 is 9.64 Å². The van der Waals surface area contributed by atoms with E-state index < -0.39 is 5.41 Å². The molecule has 2 aliphatic rings. The molecule has 0 N–H and O–H groups in total. The highest BCUT2D eigenvalue weighted by molar-refractivity contribution is 7.19. The van der Waals surface area contributed by atoms with Crippen molar-refractivity contribution in [3.63, 3.8) is 0 Å². The van der Waals surface area contributed by atoms with Crippen molar-refractivity contribution in [3.8, 4) is 11.4 Å². The van der Waals surface area contributed by atoms with Crippen LogP contribution in [0.15, 0.2) is 24.5 Å². The van der Waals surface area contributed by atoms with Crippen LogP contribution in [0, 0.1) is 5.41 Å². The zero-order valence-corrected chi connectivity index (χ0v) is 17.6. The Hall–Kier alpha value is -2.54. The Morgan fingerprint density at radius 3 is 2.93 bits per heavy atom. The minimum atomic E-state index is -0.503. The van der Waals surface area contributed by atoms with Crippen LogP contribution in [0.25, 0.3) is 21.6 Å². The third-order valence-corrected chi connectivity index (χ3v) is 7.35. The average molecular weight is 409 g/mol. The quantitative estimate of drug-likeness (QED) is 0.610. The van der Waals surface area contributed by atoms with E-state index in [4.69, 9.17) is 14.7 Å². The zero-order chi connectivity index (χ0) is 20.0. The Morgan fingerprint density at radius 2 is 2.14 bits per heavy atom. The molecule has 7 heteroatoms. The Kier molecular flexibility index (Phi) is 4.50. The van der Waals surface area contributed by atoms with Crippen molar-refractivity contribution in [2.75, 3.05) is 25.1 Å². The number of rotatable bonds is 3. The maximum Gasteiger partial charge on any atom is 0.313 e. The Bertz CT molecular complexity index is 1080. The van der Waals surface area contributed by atoms with Gasteiger partial charge in [0.2, 0.25) is 0 Å². The highest BCUT2D eigenvalue weighted by Crippen LogP contribution is 2.43. The van der Waals surface area contributed by atoms with Gasteiger partial charge >= 0.3 is 5.97 Å². The van der Waals surface area contributed by atoms with Crippen LogP contribution in [0.4, 0.5) is 5.82 Å². The number of hydrogen-bond donors (Lipinski definition) is 0. The van der Waals surface area contributed by atoms with Crippen LogP contribution >= 0.6 is 11.3 Å². The van der Waals surface area contributed by atoms with Gasteiger partial charge in [-0.1, -0.05) is 0 Å². The predicted octanol–water partition coefficient (Wildman–Crippen LogP) is 4.02. The molecule has 1 aliphatic carbocycles. The first-order valence-electron chi connectivity index (χ1n) is 10.1. The van der Waals surface area contributed by atoms with Crippen molar-refractivity contribution >= 4 is 33.3 Å². The van der Waals surface area contributed by atoms with Gasteiger partial charge in [0.15, 0.2) is 5.82 Å². The summed E-state index contributed by atoms with van der Waals surface area (Å²) in [6.07, 6.45) is 8.98. The third kappa shape index (κ3) is 3.08. The predicted molar refractivity (Wildman–Crippen MR) is 114 cm³/mol. The van der Waals surface area contributed by atoms with Crippen molar-refractivity contribution in [1.82, 2.24) is 15.0 Å². The molecular formula is C22H24N4O2S. The standard InChI is InChI=1S/C22H24N4O2S/c1-22(21(27)28-2)9-11-26(13-22)19-17-15-7-3-4-8-16(15)29-20(17)25-18(24-19)14-6-5-10-23-12-14/h5-6,10,12H,3-4,7-9,11,13H2,1-2H3. The van der Waals surface area contributed by atoms with Gasteiger partial charge in [-0.05, 0) is 56.7 Å². The summed E-state index contributed by atoms with van der Waals surface area (Å²) < 4.78 is 5.07. The summed E-state index contributed by atoms with van der Waals surface area (Å²) in [5.74, 6) is 1.51. The van der Waals surface area contributed by atoms with Gasteiger partial charge in [0.1, 0.15) is 10.6 Å². The summed E-state index contributed by atoms with van der Waals surface area (Å²) in [4.78, 5) is 31.3. The largest absolute Gasteiger partial charge is 0.469 e. The maximum absolute atomic E-state index is 12.4. The van der Waals surface area contributed by atoms with Crippen molar-refractivity contribution in [2.45, 2.75) is 39.0 Å². The molecule has 0 aromatic carbocycles. The van der Waals surface area contributed by atoms with Crippen LogP contribution in [-0.2, 0) is 22.4 Å². The van der Waals surface area contributed by atoms with E-state index in [0.717, 1.165) is 42.0 Å². The molecule has 3 aromatic heterocycles. The smallest absolute Gasteiger partial charge is 0.313 e. The van der Waals surface area contributed by atoms with Gasteiger partial charge in [-0.3, -0.25) is 9.78 Å². The number of anilines is 1. The summed E-state index contributed by atoms with van der Waals surface area (Å²) in [5, 5.41) is 1.19. The minimum Gasteiger partial charge on any atom is -0.469 e. The van der Waals surface area contributed by atoms with E-state index >= 15 is 0 Å². The van der Waals surface area contributed by atoms with E-state index in [9.17, 15) is 4.79 Å². The molecule has 0 amide bonds. The number of hydrogen-bond acceptors (Lipinski definition) is 7. The molecule has 0 spiro atoms. The highest BCUT2D eigenvalue weighted by atomic mass is 32.1. The van der Waals surface area contributed by atoms with Gasteiger partial charge in [0.25, 0.3) is 0 Å². The molecule has 0 radical (unpaired) electrons. The van der Waals surface area contributed by atoms with E-state index in [1.165, 1.54) is 35.8 Å². The molecule has 29 heavy (non-hydrogen) atoms. The molecule has 1 fully saturated rings. The topological polar surface area (TPSA) is 68.2 Å². The first-order chi connectivity index (χ1) is 14.1. The molecule has 0 saturated carbocycles. The van der Waals surface area contributed by atoms with Gasteiger partial charge in [0, 0.05) is 35.9 Å². The van der Waals surface area contributed by atoms with Gasteiger partial charge in [0.05, 0.1) is 17.9 Å². The van der Waals surface area contributed by atoms with Crippen LogP contribution in [0.1, 0.15) is 36.6 Å². The van der Waals surface area contributed by atoms with Crippen LogP contribution < -0.4 is 4.90 Å². The number of carbonyl (C=O) groups is 1. The summed E-state index contributed by atoms with van der Waals surface area (Å²) in [6.45, 7) is 3.39. The number of pyridine rings is 1. The van der Waals surface area contributed by atoms with Gasteiger partial charge in [-0.2, -0.15) is 0 Å². The molecular weight excluding hydrogens is 384 g/mol. The third-order valence-electron chi connectivity index (χ3n) is 6.17. The van der Waals surface area contributed by atoms with E-state index in [2.05, 4.69) is 9.88 Å². The van der Waals surface area contributed by atoms with Gasteiger partial charge in [-0.15, -0.1) is 11.3 Å². The van der Waals surface area contributed by atoms with Crippen molar-refractivity contribution < 1.29 is 9.53 Å². The lowest BCUT2D eigenvalue weighted by molar-refractivity contribution is -0.150.